The Balaban J connectivity index is 0.00000225. The van der Waals surface area contributed by atoms with E-state index in [9.17, 15) is 0 Å². The van der Waals surface area contributed by atoms with Crippen LogP contribution in [0.4, 0.5) is 0 Å². The van der Waals surface area contributed by atoms with Crippen molar-refractivity contribution in [1.29, 1.82) is 0 Å². The molecular formula is C18H24IN5S. The highest BCUT2D eigenvalue weighted by molar-refractivity contribution is 14.0. The maximum absolute atomic E-state index is 4.67. The maximum Gasteiger partial charge on any atom is 0.191 e. The van der Waals surface area contributed by atoms with Gasteiger partial charge in [0.1, 0.15) is 5.65 Å². The first-order valence-corrected chi connectivity index (χ1v) is 9.12. The molecule has 0 amide bonds. The molecule has 0 fully saturated rings. The fourth-order valence-corrected chi connectivity index (χ4v) is 3.30. The predicted octanol–water partition coefficient (Wildman–Crippen LogP) is 3.62. The van der Waals surface area contributed by atoms with E-state index in [4.69, 9.17) is 0 Å². The average molecular weight is 469 g/mol. The number of hydrogen-bond acceptors (Lipinski definition) is 3. The first-order valence-electron chi connectivity index (χ1n) is 8.24. The lowest BCUT2D eigenvalue weighted by Crippen LogP contribution is -2.38. The molecule has 3 aromatic heterocycles. The summed E-state index contributed by atoms with van der Waals surface area (Å²) in [6.07, 6.45) is 4.97. The third-order valence-corrected chi connectivity index (χ3v) is 4.79. The van der Waals surface area contributed by atoms with Gasteiger partial charge in [-0.25, -0.2) is 9.98 Å². The van der Waals surface area contributed by atoms with Gasteiger partial charge in [-0.05, 0) is 43.0 Å². The van der Waals surface area contributed by atoms with Crippen molar-refractivity contribution in [2.75, 3.05) is 13.1 Å². The van der Waals surface area contributed by atoms with Gasteiger partial charge in [0.15, 0.2) is 5.96 Å². The smallest absolute Gasteiger partial charge is 0.191 e. The van der Waals surface area contributed by atoms with Gasteiger partial charge in [0.25, 0.3) is 0 Å². The van der Waals surface area contributed by atoms with Crippen LogP contribution in [0.1, 0.15) is 23.1 Å². The monoisotopic (exact) mass is 469 g/mol. The van der Waals surface area contributed by atoms with Gasteiger partial charge in [-0.1, -0.05) is 6.07 Å². The molecule has 0 aromatic carbocycles. The molecule has 0 atom stereocenters. The average Bonchev–Trinajstić information content (AvgIpc) is 3.18. The molecule has 0 aliphatic heterocycles. The molecule has 3 heterocycles. The zero-order valence-electron chi connectivity index (χ0n) is 14.5. The van der Waals surface area contributed by atoms with Crippen LogP contribution in [0.15, 0.2) is 47.0 Å². The first kappa shape index (κ1) is 19.7. The number of nitrogens with zero attached hydrogens (tertiary/aromatic N) is 3. The van der Waals surface area contributed by atoms with E-state index in [2.05, 4.69) is 52.1 Å². The molecule has 2 N–H and O–H groups in total. The van der Waals surface area contributed by atoms with Gasteiger partial charge < -0.3 is 15.0 Å². The zero-order valence-corrected chi connectivity index (χ0v) is 17.7. The molecule has 25 heavy (non-hydrogen) atoms. The van der Waals surface area contributed by atoms with Crippen LogP contribution in [-0.2, 0) is 13.0 Å². The van der Waals surface area contributed by atoms with Crippen molar-refractivity contribution in [2.45, 2.75) is 26.8 Å². The van der Waals surface area contributed by atoms with Crippen LogP contribution in [0.3, 0.4) is 0 Å². The Morgan fingerprint density at radius 2 is 2.16 bits per heavy atom. The first-order chi connectivity index (χ1) is 11.8. The summed E-state index contributed by atoms with van der Waals surface area (Å²) >= 11 is 1.76. The Morgan fingerprint density at radius 1 is 1.28 bits per heavy atom. The van der Waals surface area contributed by atoms with E-state index >= 15 is 0 Å². The Labute approximate surface area is 169 Å². The second-order valence-electron chi connectivity index (χ2n) is 5.60. The summed E-state index contributed by atoms with van der Waals surface area (Å²) in [5.41, 5.74) is 3.38. The highest BCUT2D eigenvalue weighted by Crippen LogP contribution is 2.16. The van der Waals surface area contributed by atoms with Crippen molar-refractivity contribution < 1.29 is 0 Å². The fourth-order valence-electron chi connectivity index (χ4n) is 2.48. The van der Waals surface area contributed by atoms with Crippen LogP contribution in [0.25, 0.3) is 5.65 Å². The second kappa shape index (κ2) is 9.76. The third kappa shape index (κ3) is 5.43. The lowest BCUT2D eigenvalue weighted by atomic mass is 10.3. The lowest BCUT2D eigenvalue weighted by molar-refractivity contribution is 0.792. The number of pyridine rings is 1. The molecule has 3 aromatic rings. The number of halogens is 1. The lowest BCUT2D eigenvalue weighted by Gasteiger charge is -2.10. The Bertz CT molecular complexity index is 791. The van der Waals surface area contributed by atoms with Gasteiger partial charge in [-0.3, -0.25) is 0 Å². The largest absolute Gasteiger partial charge is 0.357 e. The number of nitrogens with one attached hydrogen (secondary N) is 2. The van der Waals surface area contributed by atoms with Gasteiger partial charge in [-0.2, -0.15) is 0 Å². The summed E-state index contributed by atoms with van der Waals surface area (Å²) in [5.74, 6) is 0.856. The van der Waals surface area contributed by atoms with Gasteiger partial charge in [0.2, 0.25) is 0 Å². The van der Waals surface area contributed by atoms with Crippen LogP contribution < -0.4 is 10.6 Å². The SMILES string of the molecule is CCNC(=NCc1sccc1C)NCCc1cn2ccccc2n1.I. The summed E-state index contributed by atoms with van der Waals surface area (Å²) in [4.78, 5) is 10.6. The quantitative estimate of drug-likeness (QED) is 0.330. The molecule has 0 saturated carbocycles. The molecule has 0 radical (unpaired) electrons. The van der Waals surface area contributed by atoms with Crippen LogP contribution in [0.2, 0.25) is 0 Å². The number of thiophene rings is 1. The van der Waals surface area contributed by atoms with E-state index in [1.807, 2.05) is 28.8 Å². The minimum Gasteiger partial charge on any atom is -0.357 e. The minimum absolute atomic E-state index is 0. The molecule has 134 valence electrons. The number of aliphatic imine (C=N–C) groups is 1. The Kier molecular flexibility index (Phi) is 7.70. The Morgan fingerprint density at radius 3 is 2.88 bits per heavy atom. The van der Waals surface area contributed by atoms with E-state index < -0.39 is 0 Å². The van der Waals surface area contributed by atoms with Crippen LogP contribution in [0, 0.1) is 6.92 Å². The standard InChI is InChI=1S/C18H23N5S.HI/c1-3-19-18(21-12-16-14(2)8-11-24-16)20-9-7-15-13-23-10-5-4-6-17(23)22-15;/h4-6,8,10-11,13H,3,7,9,12H2,1-2H3,(H2,19,20,21);1H. The summed E-state index contributed by atoms with van der Waals surface area (Å²) in [7, 11) is 0. The molecule has 0 saturated heterocycles. The molecule has 0 aliphatic carbocycles. The van der Waals surface area contributed by atoms with Crippen molar-refractivity contribution in [3.8, 4) is 0 Å². The minimum atomic E-state index is 0. The van der Waals surface area contributed by atoms with Gasteiger partial charge in [0.05, 0.1) is 12.2 Å². The van der Waals surface area contributed by atoms with E-state index in [0.717, 1.165) is 36.8 Å². The molecular weight excluding hydrogens is 445 g/mol. The summed E-state index contributed by atoms with van der Waals surface area (Å²) in [6.45, 7) is 6.58. The number of aromatic nitrogens is 2. The molecule has 0 spiro atoms. The molecule has 7 heteroatoms. The van der Waals surface area contributed by atoms with Crippen LogP contribution in [0.5, 0.6) is 0 Å². The van der Waals surface area contributed by atoms with Crippen LogP contribution >= 0.6 is 35.3 Å². The van der Waals surface area contributed by atoms with E-state index in [1.54, 1.807) is 11.3 Å². The van der Waals surface area contributed by atoms with Gasteiger partial charge >= 0.3 is 0 Å². The Hall–Kier alpha value is -1.61. The maximum atomic E-state index is 4.67. The summed E-state index contributed by atoms with van der Waals surface area (Å²) in [6, 6.07) is 8.18. The van der Waals surface area contributed by atoms with Crippen molar-refractivity contribution in [1.82, 2.24) is 20.0 Å². The topological polar surface area (TPSA) is 53.7 Å². The molecule has 0 bridgehead atoms. The van der Waals surface area contributed by atoms with Gasteiger partial charge in [0, 0.05) is 36.8 Å². The molecule has 0 unspecified atom stereocenters. The van der Waals surface area contributed by atoms with Crippen LogP contribution in [-0.4, -0.2) is 28.4 Å². The highest BCUT2D eigenvalue weighted by Gasteiger charge is 2.03. The van der Waals surface area contributed by atoms with E-state index in [-0.39, 0.29) is 24.0 Å². The normalized spacial score (nSPS) is 11.4. The summed E-state index contributed by atoms with van der Waals surface area (Å²) < 4.78 is 2.05. The third-order valence-electron chi connectivity index (χ3n) is 3.78. The van der Waals surface area contributed by atoms with E-state index in [0.29, 0.717) is 6.54 Å². The summed E-state index contributed by atoms with van der Waals surface area (Å²) in [5, 5.41) is 8.80. The number of imidazole rings is 1. The molecule has 3 rings (SSSR count). The fraction of sp³-hybridized carbons (Fsp3) is 0.333. The number of fused-ring (bicyclic) bond motifs is 1. The second-order valence-corrected chi connectivity index (χ2v) is 6.60. The molecule has 0 aliphatic rings. The van der Waals surface area contributed by atoms with Crippen molar-refractivity contribution in [3.63, 3.8) is 0 Å². The van der Waals surface area contributed by atoms with Crippen molar-refractivity contribution >= 4 is 46.9 Å². The van der Waals surface area contributed by atoms with Crippen molar-refractivity contribution in [3.05, 3.63) is 58.2 Å². The molecule has 5 nitrogen and oxygen atoms in total. The predicted molar refractivity (Wildman–Crippen MR) is 116 cm³/mol. The highest BCUT2D eigenvalue weighted by atomic mass is 127. The number of aryl methyl sites for hydroxylation is 1. The van der Waals surface area contributed by atoms with Crippen molar-refractivity contribution in [2.24, 2.45) is 4.99 Å². The number of guanidine groups is 1. The number of hydrogen-bond donors (Lipinski definition) is 2. The zero-order chi connectivity index (χ0) is 16.8. The van der Waals surface area contributed by atoms with Gasteiger partial charge in [-0.15, -0.1) is 35.3 Å². The number of rotatable bonds is 6. The van der Waals surface area contributed by atoms with E-state index in [1.165, 1.54) is 10.4 Å².